The summed E-state index contributed by atoms with van der Waals surface area (Å²) in [7, 11) is -3.55. The third kappa shape index (κ3) is 5.03. The number of ether oxygens (including phenoxy) is 1. The summed E-state index contributed by atoms with van der Waals surface area (Å²) >= 11 is 0. The first kappa shape index (κ1) is 18.9. The molecule has 1 heterocycles. The second kappa shape index (κ2) is 8.09. The Bertz CT molecular complexity index is 656. The lowest BCUT2D eigenvalue weighted by Crippen LogP contribution is -2.40. The van der Waals surface area contributed by atoms with E-state index in [9.17, 15) is 13.2 Å². The van der Waals surface area contributed by atoms with Crippen LogP contribution in [0.2, 0.25) is 0 Å². The highest BCUT2D eigenvalue weighted by Crippen LogP contribution is 2.16. The van der Waals surface area contributed by atoms with Gasteiger partial charge in [0.15, 0.2) is 0 Å². The highest BCUT2D eigenvalue weighted by Gasteiger charge is 2.23. The number of hydrogen-bond donors (Lipinski definition) is 1. The largest absolute Gasteiger partial charge is 0.457 e. The molecule has 0 aromatic heterocycles. The number of esters is 1. The van der Waals surface area contributed by atoms with Crippen LogP contribution in [0.3, 0.4) is 0 Å². The van der Waals surface area contributed by atoms with E-state index in [1.165, 1.54) is 24.3 Å². The van der Waals surface area contributed by atoms with Gasteiger partial charge in [-0.25, -0.2) is 17.9 Å². The number of nitrogens with zero attached hydrogens (tertiary/aromatic N) is 1. The maximum absolute atomic E-state index is 12.2. The average Bonchev–Trinajstić information content (AvgIpc) is 2.54. The number of sulfonamides is 1. The zero-order chi connectivity index (χ0) is 17.7. The predicted molar refractivity (Wildman–Crippen MR) is 92.5 cm³/mol. The minimum absolute atomic E-state index is 0.0998. The highest BCUT2D eigenvalue weighted by atomic mass is 32.2. The molecular weight excluding hydrogens is 328 g/mol. The van der Waals surface area contributed by atoms with Crippen LogP contribution in [0.1, 0.15) is 44.0 Å². The summed E-state index contributed by atoms with van der Waals surface area (Å²) in [6, 6.07) is 5.67. The lowest BCUT2D eigenvalue weighted by Gasteiger charge is -2.31. The third-order valence-corrected chi connectivity index (χ3v) is 5.65. The number of nitrogens with one attached hydrogen (secondary N) is 1. The van der Waals surface area contributed by atoms with Gasteiger partial charge in [-0.15, -0.1) is 0 Å². The van der Waals surface area contributed by atoms with Gasteiger partial charge in [-0.1, -0.05) is 6.92 Å². The normalized spacial score (nSPS) is 19.4. The van der Waals surface area contributed by atoms with E-state index < -0.39 is 16.0 Å². The van der Waals surface area contributed by atoms with Crippen molar-refractivity contribution in [2.75, 3.05) is 19.6 Å². The van der Waals surface area contributed by atoms with Crippen LogP contribution >= 0.6 is 0 Å². The molecule has 1 unspecified atom stereocenters. The zero-order valence-electron chi connectivity index (χ0n) is 14.5. The molecule has 1 aromatic carbocycles. The van der Waals surface area contributed by atoms with Gasteiger partial charge in [-0.05, 0) is 64.0 Å². The van der Waals surface area contributed by atoms with Crippen molar-refractivity contribution >= 4 is 16.0 Å². The molecule has 1 N–H and O–H groups in total. The van der Waals surface area contributed by atoms with E-state index in [4.69, 9.17) is 4.74 Å². The average molecular weight is 354 g/mol. The number of rotatable bonds is 6. The minimum atomic E-state index is -3.55. The predicted octanol–water partition coefficient (Wildman–Crippen LogP) is 2.01. The molecule has 1 atom stereocenters. The topological polar surface area (TPSA) is 75.7 Å². The summed E-state index contributed by atoms with van der Waals surface area (Å²) in [5, 5.41) is 0. The van der Waals surface area contributed by atoms with E-state index in [1.807, 2.05) is 0 Å². The molecule has 0 spiro atoms. The number of piperidine rings is 1. The van der Waals surface area contributed by atoms with Crippen LogP contribution in [-0.2, 0) is 14.8 Å². The van der Waals surface area contributed by atoms with E-state index in [-0.39, 0.29) is 17.0 Å². The molecule has 1 aliphatic heterocycles. The zero-order valence-corrected chi connectivity index (χ0v) is 15.3. The number of likely N-dealkylation sites (N-methyl/N-ethyl adjacent to an activating group) is 1. The van der Waals surface area contributed by atoms with Crippen molar-refractivity contribution in [1.82, 2.24) is 9.62 Å². The molecule has 0 saturated carbocycles. The Morgan fingerprint density at radius 3 is 2.58 bits per heavy atom. The van der Waals surface area contributed by atoms with E-state index >= 15 is 0 Å². The van der Waals surface area contributed by atoms with Gasteiger partial charge in [0.2, 0.25) is 10.0 Å². The highest BCUT2D eigenvalue weighted by molar-refractivity contribution is 7.89. The molecule has 1 saturated heterocycles. The quantitative estimate of drug-likeness (QED) is 0.791. The first-order valence-corrected chi connectivity index (χ1v) is 9.86. The molecule has 1 aromatic rings. The van der Waals surface area contributed by atoms with Crippen molar-refractivity contribution in [3.05, 3.63) is 29.8 Å². The van der Waals surface area contributed by atoms with Crippen molar-refractivity contribution in [1.29, 1.82) is 0 Å². The maximum atomic E-state index is 12.2. The monoisotopic (exact) mass is 354 g/mol. The molecular formula is C17H26N2O4S. The van der Waals surface area contributed by atoms with Gasteiger partial charge in [0.1, 0.15) is 6.10 Å². The SMILES string of the molecule is CCN1CCCC(OC(=O)c2ccc(S(=O)(=O)NC(C)C)cc2)C1. The van der Waals surface area contributed by atoms with Crippen LogP contribution in [0.5, 0.6) is 0 Å². The molecule has 7 heteroatoms. The van der Waals surface area contributed by atoms with Crippen molar-refractivity contribution in [3.8, 4) is 0 Å². The molecule has 6 nitrogen and oxygen atoms in total. The van der Waals surface area contributed by atoms with Gasteiger partial charge < -0.3 is 4.74 Å². The van der Waals surface area contributed by atoms with Crippen LogP contribution in [0.15, 0.2) is 29.2 Å². The fraction of sp³-hybridized carbons (Fsp3) is 0.588. The second-order valence-corrected chi connectivity index (χ2v) is 8.08. The third-order valence-electron chi connectivity index (χ3n) is 3.97. The van der Waals surface area contributed by atoms with Crippen molar-refractivity contribution in [2.24, 2.45) is 0 Å². The second-order valence-electron chi connectivity index (χ2n) is 6.36. The fourth-order valence-corrected chi connectivity index (χ4v) is 4.02. The van der Waals surface area contributed by atoms with E-state index in [1.54, 1.807) is 13.8 Å². The standard InChI is InChI=1S/C17H26N2O4S/c1-4-19-11-5-6-15(12-19)23-17(20)14-7-9-16(10-8-14)24(21,22)18-13(2)3/h7-10,13,15,18H,4-6,11-12H2,1-3H3. The molecule has 2 rings (SSSR count). The van der Waals surface area contributed by atoms with Crippen LogP contribution in [0.4, 0.5) is 0 Å². The van der Waals surface area contributed by atoms with Gasteiger partial charge in [0.25, 0.3) is 0 Å². The molecule has 1 fully saturated rings. The lowest BCUT2D eigenvalue weighted by molar-refractivity contribution is 0.00773. The summed E-state index contributed by atoms with van der Waals surface area (Å²) in [6.07, 6.45) is 1.79. The summed E-state index contributed by atoms with van der Waals surface area (Å²) in [6.45, 7) is 8.35. The van der Waals surface area contributed by atoms with Crippen molar-refractivity contribution in [3.63, 3.8) is 0 Å². The lowest BCUT2D eigenvalue weighted by atomic mass is 10.1. The Morgan fingerprint density at radius 2 is 2.00 bits per heavy atom. The van der Waals surface area contributed by atoms with Crippen LogP contribution in [-0.4, -0.2) is 51.1 Å². The van der Waals surface area contributed by atoms with Gasteiger partial charge in [0, 0.05) is 12.6 Å². The molecule has 134 valence electrons. The maximum Gasteiger partial charge on any atom is 0.338 e. The number of carbonyl (C=O) groups excluding carboxylic acids is 1. The minimum Gasteiger partial charge on any atom is -0.457 e. The van der Waals surface area contributed by atoms with Crippen LogP contribution in [0, 0.1) is 0 Å². The Balaban J connectivity index is 2.01. The van der Waals surface area contributed by atoms with E-state index in [0.717, 1.165) is 32.5 Å². The number of likely N-dealkylation sites (tertiary alicyclic amines) is 1. The molecule has 0 amide bonds. The number of benzene rings is 1. The van der Waals surface area contributed by atoms with Gasteiger partial charge in [0.05, 0.1) is 10.5 Å². The molecule has 1 aliphatic rings. The Kier molecular flexibility index (Phi) is 6.37. The number of hydrogen-bond acceptors (Lipinski definition) is 5. The fourth-order valence-electron chi connectivity index (χ4n) is 2.76. The number of carbonyl (C=O) groups is 1. The molecule has 0 radical (unpaired) electrons. The van der Waals surface area contributed by atoms with Gasteiger partial charge >= 0.3 is 5.97 Å². The van der Waals surface area contributed by atoms with Gasteiger partial charge in [-0.3, -0.25) is 4.90 Å². The molecule has 24 heavy (non-hydrogen) atoms. The van der Waals surface area contributed by atoms with Gasteiger partial charge in [-0.2, -0.15) is 0 Å². The Hall–Kier alpha value is -1.44. The van der Waals surface area contributed by atoms with Crippen LogP contribution < -0.4 is 4.72 Å². The van der Waals surface area contributed by atoms with E-state index in [0.29, 0.717) is 5.56 Å². The summed E-state index contributed by atoms with van der Waals surface area (Å²) < 4.78 is 32.2. The van der Waals surface area contributed by atoms with Crippen LogP contribution in [0.25, 0.3) is 0 Å². The summed E-state index contributed by atoms with van der Waals surface area (Å²) in [5.41, 5.74) is 0.368. The Morgan fingerprint density at radius 1 is 1.33 bits per heavy atom. The van der Waals surface area contributed by atoms with Crippen molar-refractivity contribution < 1.29 is 17.9 Å². The smallest absolute Gasteiger partial charge is 0.338 e. The summed E-state index contributed by atoms with van der Waals surface area (Å²) in [5.74, 6) is -0.404. The Labute approximate surface area is 144 Å². The van der Waals surface area contributed by atoms with E-state index in [2.05, 4.69) is 16.5 Å². The van der Waals surface area contributed by atoms with Crippen molar-refractivity contribution in [2.45, 2.75) is 50.7 Å². The molecule has 0 aliphatic carbocycles. The first-order chi connectivity index (χ1) is 11.3. The first-order valence-electron chi connectivity index (χ1n) is 8.37. The molecule has 0 bridgehead atoms. The summed E-state index contributed by atoms with van der Waals surface area (Å²) in [4.78, 5) is 14.6.